The molecule has 0 spiro atoms. The van der Waals surface area contributed by atoms with Crippen molar-refractivity contribution in [2.45, 2.75) is 0 Å². The highest BCUT2D eigenvalue weighted by atomic mass is 16.3. The van der Waals surface area contributed by atoms with Crippen molar-refractivity contribution >= 4 is 110 Å². The highest BCUT2D eigenvalue weighted by molar-refractivity contribution is 6.69. The zero-order valence-electron chi connectivity index (χ0n) is 31.5. The maximum Gasteiger partial charge on any atom is 0.238 e. The molecule has 0 saturated heterocycles. The van der Waals surface area contributed by atoms with Gasteiger partial charge in [0.15, 0.2) is 11.6 Å². The van der Waals surface area contributed by atoms with Gasteiger partial charge in [-0.05, 0) is 47.0 Å². The molecule has 0 N–H and O–H groups in total. The van der Waals surface area contributed by atoms with Gasteiger partial charge in [-0.25, -0.2) is 4.98 Å². The zero-order valence-corrected chi connectivity index (χ0v) is 31.5. The largest absolute Gasteiger partial charge is 0.455 e. The third kappa shape index (κ3) is 5.19. The van der Waals surface area contributed by atoms with Crippen LogP contribution in [0.2, 0.25) is 0 Å². The van der Waals surface area contributed by atoms with E-state index in [2.05, 4.69) is 153 Å². The van der Waals surface area contributed by atoms with E-state index < -0.39 is 0 Å². The standard InChI is InChI=1S/C45H33B5N4O/c46-37-36(38(47)40(49)41(50)39(37)48)30-18-10-20-33-35(30)29-15-7-8-19-32(29)54(33)45-52-43(25-13-5-2-6-14-25)51-44(53-45)26-21-22-34-31(23-26)28-17-9-16-27(42(28)55-34)24-11-3-1-4-12-24/h1-23H,46-50H2. The van der Waals surface area contributed by atoms with Crippen LogP contribution in [0.15, 0.2) is 144 Å². The topological polar surface area (TPSA) is 56.7 Å². The second-order valence-electron chi connectivity index (χ2n) is 14.6. The van der Waals surface area contributed by atoms with Crippen molar-refractivity contribution in [3.05, 3.63) is 140 Å². The van der Waals surface area contributed by atoms with Gasteiger partial charge in [0.05, 0.1) is 11.0 Å². The van der Waals surface area contributed by atoms with E-state index in [4.69, 9.17) is 19.4 Å². The van der Waals surface area contributed by atoms with E-state index in [9.17, 15) is 0 Å². The lowest BCUT2D eigenvalue weighted by Crippen LogP contribution is -2.55. The number of para-hydroxylation sites is 2. The van der Waals surface area contributed by atoms with Crippen molar-refractivity contribution in [3.8, 4) is 51.0 Å². The van der Waals surface area contributed by atoms with Gasteiger partial charge in [-0.1, -0.05) is 120 Å². The van der Waals surface area contributed by atoms with Crippen molar-refractivity contribution in [1.29, 1.82) is 0 Å². The summed E-state index contributed by atoms with van der Waals surface area (Å²) in [5, 5.41) is 4.42. The quantitative estimate of drug-likeness (QED) is 0.260. The fourth-order valence-electron chi connectivity index (χ4n) is 8.44. The summed E-state index contributed by atoms with van der Waals surface area (Å²) in [5.74, 6) is 1.78. The van der Waals surface area contributed by atoms with E-state index >= 15 is 0 Å². The van der Waals surface area contributed by atoms with Crippen LogP contribution < -0.4 is 27.3 Å². The SMILES string of the molecule is Bc1c(B)c(B)c(-c2cccc3c2c2ccccc2n3-c2nc(-c3ccccc3)nc(-c3ccc4oc5c(-c6ccccc6)cccc5c4c3)n2)c(B)c1B. The van der Waals surface area contributed by atoms with E-state index in [-0.39, 0.29) is 0 Å². The first-order valence-electron chi connectivity index (χ1n) is 18.8. The Balaban J connectivity index is 1.23. The maximum absolute atomic E-state index is 6.53. The summed E-state index contributed by atoms with van der Waals surface area (Å²) >= 11 is 0. The molecule has 5 nitrogen and oxygen atoms in total. The minimum absolute atomic E-state index is 0.570. The van der Waals surface area contributed by atoms with Crippen LogP contribution in [0.25, 0.3) is 94.7 Å². The van der Waals surface area contributed by atoms with Crippen molar-refractivity contribution in [2.75, 3.05) is 0 Å². The van der Waals surface area contributed by atoms with E-state index in [0.717, 1.165) is 60.6 Å². The maximum atomic E-state index is 6.53. The van der Waals surface area contributed by atoms with Gasteiger partial charge in [-0.3, -0.25) is 4.57 Å². The zero-order chi connectivity index (χ0) is 37.4. The van der Waals surface area contributed by atoms with Crippen molar-refractivity contribution in [3.63, 3.8) is 0 Å². The Morgan fingerprint density at radius 2 is 1.02 bits per heavy atom. The summed E-state index contributed by atoms with van der Waals surface area (Å²) in [6.07, 6.45) is 0. The van der Waals surface area contributed by atoms with Gasteiger partial charge in [0.2, 0.25) is 5.95 Å². The summed E-state index contributed by atoms with van der Waals surface area (Å²) < 4.78 is 8.74. The van der Waals surface area contributed by atoms with E-state index in [1.807, 2.05) is 30.3 Å². The highest BCUT2D eigenvalue weighted by Gasteiger charge is 2.23. The summed E-state index contributed by atoms with van der Waals surface area (Å²) in [6, 6.07) is 48.4. The molecule has 0 aliphatic carbocycles. The number of furan rings is 1. The van der Waals surface area contributed by atoms with Gasteiger partial charge < -0.3 is 4.42 Å². The number of nitrogens with zero attached hydrogens (tertiary/aromatic N) is 4. The highest BCUT2D eigenvalue weighted by Crippen LogP contribution is 2.39. The second-order valence-corrected chi connectivity index (χ2v) is 14.6. The van der Waals surface area contributed by atoms with Crippen molar-refractivity contribution in [2.24, 2.45) is 0 Å². The molecule has 254 valence electrons. The molecule has 3 heterocycles. The first-order chi connectivity index (χ1) is 26.9. The van der Waals surface area contributed by atoms with E-state index in [0.29, 0.717) is 17.6 Å². The lowest BCUT2D eigenvalue weighted by atomic mass is 9.59. The molecule has 0 unspecified atom stereocenters. The molecule has 0 bridgehead atoms. The summed E-state index contributed by atoms with van der Waals surface area (Å²) in [6.45, 7) is 0. The molecule has 7 aromatic carbocycles. The minimum Gasteiger partial charge on any atom is -0.455 e. The Kier molecular flexibility index (Phi) is 7.70. The first kappa shape index (κ1) is 33.1. The minimum atomic E-state index is 0.570. The Hall–Kier alpha value is -6.53. The predicted octanol–water partition coefficient (Wildman–Crippen LogP) is 2.83. The lowest BCUT2D eigenvalue weighted by molar-refractivity contribution is 0.670. The van der Waals surface area contributed by atoms with Gasteiger partial charge in [0, 0.05) is 38.2 Å². The van der Waals surface area contributed by atoms with Gasteiger partial charge in [-0.15, -0.1) is 16.4 Å². The summed E-state index contributed by atoms with van der Waals surface area (Å²) in [4.78, 5) is 15.6. The van der Waals surface area contributed by atoms with Gasteiger partial charge in [-0.2, -0.15) is 9.97 Å². The normalized spacial score (nSPS) is 11.6. The average Bonchev–Trinajstić information content (AvgIpc) is 3.79. The van der Waals surface area contributed by atoms with Crippen LogP contribution in [-0.2, 0) is 0 Å². The smallest absolute Gasteiger partial charge is 0.238 e. The van der Waals surface area contributed by atoms with Gasteiger partial charge >= 0.3 is 0 Å². The summed E-state index contributed by atoms with van der Waals surface area (Å²) in [5.41, 5.74) is 17.0. The molecule has 0 radical (unpaired) electrons. The Morgan fingerprint density at radius 3 is 1.76 bits per heavy atom. The van der Waals surface area contributed by atoms with Gasteiger partial charge in [0.1, 0.15) is 50.4 Å². The molecule has 0 saturated carbocycles. The molecule has 10 heteroatoms. The molecule has 10 aromatic rings. The number of hydrogen-bond acceptors (Lipinski definition) is 4. The number of hydrogen-bond donors (Lipinski definition) is 0. The molecule has 0 amide bonds. The molecule has 0 atom stereocenters. The Morgan fingerprint density at radius 1 is 0.436 bits per heavy atom. The molecular formula is C45H33B5N4O. The molecule has 0 fully saturated rings. The third-order valence-corrected chi connectivity index (χ3v) is 11.7. The predicted molar refractivity (Wildman–Crippen MR) is 244 cm³/mol. The fourth-order valence-corrected chi connectivity index (χ4v) is 8.44. The van der Waals surface area contributed by atoms with Crippen LogP contribution in [0.5, 0.6) is 0 Å². The number of rotatable bonds is 5. The van der Waals surface area contributed by atoms with Crippen LogP contribution in [0, 0.1) is 0 Å². The first-order valence-corrected chi connectivity index (χ1v) is 18.8. The molecule has 55 heavy (non-hydrogen) atoms. The van der Waals surface area contributed by atoms with Gasteiger partial charge in [0.25, 0.3) is 0 Å². The number of aromatic nitrogens is 4. The monoisotopic (exact) mass is 700 g/mol. The van der Waals surface area contributed by atoms with Crippen LogP contribution >= 0.6 is 0 Å². The second kappa shape index (κ2) is 12.8. The Bertz CT molecular complexity index is 3130. The fraction of sp³-hybridized carbons (Fsp3) is 0. The number of fused-ring (bicyclic) bond motifs is 6. The van der Waals surface area contributed by atoms with E-state index in [1.54, 1.807) is 0 Å². The molecular weight excluding hydrogens is 667 g/mol. The van der Waals surface area contributed by atoms with Crippen molar-refractivity contribution in [1.82, 2.24) is 19.5 Å². The molecule has 0 aliphatic heterocycles. The lowest BCUT2D eigenvalue weighted by Gasteiger charge is -2.21. The third-order valence-electron chi connectivity index (χ3n) is 11.7. The van der Waals surface area contributed by atoms with Crippen LogP contribution in [0.1, 0.15) is 0 Å². The van der Waals surface area contributed by atoms with Crippen molar-refractivity contribution < 1.29 is 4.42 Å². The van der Waals surface area contributed by atoms with Crippen LogP contribution in [0.4, 0.5) is 0 Å². The molecule has 10 rings (SSSR count). The van der Waals surface area contributed by atoms with Crippen LogP contribution in [0.3, 0.4) is 0 Å². The molecule has 0 aliphatic rings. The number of benzene rings is 7. The van der Waals surface area contributed by atoms with E-state index in [1.165, 1.54) is 43.8 Å². The Labute approximate surface area is 323 Å². The van der Waals surface area contributed by atoms with Crippen LogP contribution in [-0.4, -0.2) is 58.8 Å². The summed E-state index contributed by atoms with van der Waals surface area (Å²) in [7, 11) is 11.2. The average molecular weight is 700 g/mol. The molecule has 3 aromatic heterocycles.